The minimum Gasteiger partial charge on any atom is -0.464 e. The molecule has 5 aromatic rings. The smallest absolute Gasteiger partial charge is 0.142 e. The summed E-state index contributed by atoms with van der Waals surface area (Å²) in [4.78, 5) is 8.08. The highest BCUT2D eigenvalue weighted by molar-refractivity contribution is 6.12. The van der Waals surface area contributed by atoms with Gasteiger partial charge in [0.1, 0.15) is 17.7 Å². The first-order valence-electron chi connectivity index (χ1n) is 7.24. The number of rotatable bonds is 1. The first-order chi connectivity index (χ1) is 10.9. The van der Waals surface area contributed by atoms with E-state index in [9.17, 15) is 0 Å². The third-order valence-electron chi connectivity index (χ3n) is 4.11. The molecule has 0 bridgehead atoms. The second-order valence-corrected chi connectivity index (χ2v) is 5.41. The number of aromatic nitrogens is 2. The van der Waals surface area contributed by atoms with E-state index in [4.69, 9.17) is 9.40 Å². The summed E-state index contributed by atoms with van der Waals surface area (Å²) < 4.78 is 5.75. The summed E-state index contributed by atoms with van der Waals surface area (Å²) >= 11 is 0. The van der Waals surface area contributed by atoms with Crippen molar-refractivity contribution in [2.24, 2.45) is 0 Å². The monoisotopic (exact) mass is 284 g/mol. The third kappa shape index (κ3) is 1.53. The summed E-state index contributed by atoms with van der Waals surface area (Å²) in [6.07, 6.45) is 1.79. The van der Waals surface area contributed by atoms with Gasteiger partial charge in [0.25, 0.3) is 0 Å². The van der Waals surface area contributed by atoms with E-state index < -0.39 is 0 Å². The molecule has 3 nitrogen and oxygen atoms in total. The number of para-hydroxylation sites is 2. The van der Waals surface area contributed by atoms with Crippen LogP contribution in [0.1, 0.15) is 0 Å². The van der Waals surface area contributed by atoms with Crippen molar-refractivity contribution in [3.05, 3.63) is 66.9 Å². The number of hydrogen-bond acceptors (Lipinski definition) is 2. The zero-order chi connectivity index (χ0) is 14.5. The molecule has 2 aromatic heterocycles. The van der Waals surface area contributed by atoms with Gasteiger partial charge in [-0.15, -0.1) is 0 Å². The highest BCUT2D eigenvalue weighted by atomic mass is 16.3. The van der Waals surface area contributed by atoms with E-state index in [1.165, 1.54) is 10.8 Å². The quantitative estimate of drug-likeness (QED) is 0.463. The van der Waals surface area contributed by atoms with E-state index in [2.05, 4.69) is 35.3 Å². The molecule has 0 aliphatic carbocycles. The van der Waals surface area contributed by atoms with Gasteiger partial charge in [-0.25, -0.2) is 4.98 Å². The fraction of sp³-hybridized carbons (Fsp3) is 0. The molecule has 0 unspecified atom stereocenters. The molecule has 3 aromatic carbocycles. The maximum atomic E-state index is 5.75. The fourth-order valence-corrected chi connectivity index (χ4v) is 3.06. The third-order valence-corrected chi connectivity index (χ3v) is 4.11. The van der Waals surface area contributed by atoms with Crippen LogP contribution in [-0.2, 0) is 0 Å². The lowest BCUT2D eigenvalue weighted by atomic mass is 10.0. The minimum atomic E-state index is 0.844. The summed E-state index contributed by atoms with van der Waals surface area (Å²) in [6.45, 7) is 0. The Morgan fingerprint density at radius 1 is 0.864 bits per heavy atom. The molecule has 0 fully saturated rings. The van der Waals surface area contributed by atoms with Gasteiger partial charge in [0.2, 0.25) is 0 Å². The summed E-state index contributed by atoms with van der Waals surface area (Å²) in [5.74, 6) is 0.844. The average molecular weight is 284 g/mol. The molecule has 0 atom stereocenters. The minimum absolute atomic E-state index is 0.844. The Labute approximate surface area is 126 Å². The summed E-state index contributed by atoms with van der Waals surface area (Å²) in [5, 5.41) is 3.50. The number of fused-ring (bicyclic) bond motifs is 4. The van der Waals surface area contributed by atoms with Crippen LogP contribution >= 0.6 is 0 Å². The number of hydrogen-bond donors (Lipinski definition) is 1. The molecule has 0 aliphatic rings. The van der Waals surface area contributed by atoms with Gasteiger partial charge in [0, 0.05) is 5.39 Å². The molecule has 1 N–H and O–H groups in total. The van der Waals surface area contributed by atoms with E-state index in [0.29, 0.717) is 0 Å². The number of imidazole rings is 1. The summed E-state index contributed by atoms with van der Waals surface area (Å²) in [5.41, 5.74) is 3.89. The molecule has 0 amide bonds. The topological polar surface area (TPSA) is 41.8 Å². The van der Waals surface area contributed by atoms with Crippen LogP contribution in [0.5, 0.6) is 0 Å². The van der Waals surface area contributed by atoms with Crippen molar-refractivity contribution in [3.8, 4) is 11.4 Å². The lowest BCUT2D eigenvalue weighted by Gasteiger charge is -2.00. The van der Waals surface area contributed by atoms with Crippen molar-refractivity contribution in [1.82, 2.24) is 9.97 Å². The van der Waals surface area contributed by atoms with Crippen LogP contribution in [0.25, 0.3) is 44.2 Å². The zero-order valence-corrected chi connectivity index (χ0v) is 11.7. The second-order valence-electron chi connectivity index (χ2n) is 5.41. The maximum absolute atomic E-state index is 5.75. The first-order valence-corrected chi connectivity index (χ1v) is 7.24. The van der Waals surface area contributed by atoms with Crippen LogP contribution < -0.4 is 0 Å². The molecule has 0 spiro atoms. The molecule has 0 saturated heterocycles. The van der Waals surface area contributed by atoms with Gasteiger partial charge in [-0.3, -0.25) is 0 Å². The maximum Gasteiger partial charge on any atom is 0.142 e. The van der Waals surface area contributed by atoms with Gasteiger partial charge in [0.05, 0.1) is 16.6 Å². The van der Waals surface area contributed by atoms with Gasteiger partial charge in [-0.2, -0.15) is 0 Å². The fourth-order valence-electron chi connectivity index (χ4n) is 3.06. The molecule has 0 radical (unpaired) electrons. The molecule has 104 valence electrons. The Kier molecular flexibility index (Phi) is 2.22. The number of nitrogens with zero attached hydrogens (tertiary/aromatic N) is 1. The van der Waals surface area contributed by atoms with Crippen molar-refractivity contribution in [2.45, 2.75) is 0 Å². The van der Waals surface area contributed by atoms with Crippen molar-refractivity contribution in [3.63, 3.8) is 0 Å². The van der Waals surface area contributed by atoms with Crippen LogP contribution in [0, 0.1) is 0 Å². The van der Waals surface area contributed by atoms with Crippen LogP contribution in [-0.4, -0.2) is 9.97 Å². The van der Waals surface area contributed by atoms with Gasteiger partial charge in [-0.1, -0.05) is 42.5 Å². The molecule has 3 heteroatoms. The van der Waals surface area contributed by atoms with Crippen LogP contribution in [0.4, 0.5) is 0 Å². The summed E-state index contributed by atoms with van der Waals surface area (Å²) in [6, 6.07) is 20.5. The van der Waals surface area contributed by atoms with Gasteiger partial charge < -0.3 is 9.40 Å². The van der Waals surface area contributed by atoms with Gasteiger partial charge >= 0.3 is 0 Å². The van der Waals surface area contributed by atoms with E-state index in [1.807, 2.05) is 30.3 Å². The number of aromatic amines is 1. The number of nitrogens with one attached hydrogen (secondary N) is 1. The lowest BCUT2D eigenvalue weighted by Crippen LogP contribution is -1.80. The van der Waals surface area contributed by atoms with Crippen molar-refractivity contribution < 1.29 is 4.42 Å². The van der Waals surface area contributed by atoms with Crippen molar-refractivity contribution >= 4 is 32.8 Å². The van der Waals surface area contributed by atoms with Crippen LogP contribution in [0.15, 0.2) is 71.3 Å². The van der Waals surface area contributed by atoms with Crippen molar-refractivity contribution in [1.29, 1.82) is 0 Å². The normalized spacial score (nSPS) is 11.6. The molecule has 5 rings (SSSR count). The number of H-pyrrole nitrogens is 1. The van der Waals surface area contributed by atoms with E-state index in [1.54, 1.807) is 6.26 Å². The SMILES string of the molecule is c1ccc2c(c1)ccc1occ(-c3nc4ccccc4[nH]3)c12. The predicted molar refractivity (Wildman–Crippen MR) is 88.8 cm³/mol. The van der Waals surface area contributed by atoms with Gasteiger partial charge in [0.15, 0.2) is 0 Å². The van der Waals surface area contributed by atoms with E-state index >= 15 is 0 Å². The summed E-state index contributed by atoms with van der Waals surface area (Å²) in [7, 11) is 0. The van der Waals surface area contributed by atoms with Gasteiger partial charge in [-0.05, 0) is 29.0 Å². The number of furan rings is 1. The van der Waals surface area contributed by atoms with E-state index in [-0.39, 0.29) is 0 Å². The molecule has 0 aliphatic heterocycles. The highest BCUT2D eigenvalue weighted by Gasteiger charge is 2.14. The van der Waals surface area contributed by atoms with Crippen LogP contribution in [0.3, 0.4) is 0 Å². The molecule has 0 saturated carbocycles. The highest BCUT2D eigenvalue weighted by Crippen LogP contribution is 2.35. The lowest BCUT2D eigenvalue weighted by molar-refractivity contribution is 0.617. The molecular formula is C19H12N2O. The Morgan fingerprint density at radius 2 is 1.73 bits per heavy atom. The largest absolute Gasteiger partial charge is 0.464 e. The zero-order valence-electron chi connectivity index (χ0n) is 11.7. The second kappa shape index (κ2) is 4.21. The Morgan fingerprint density at radius 3 is 2.68 bits per heavy atom. The van der Waals surface area contributed by atoms with E-state index in [0.717, 1.165) is 33.4 Å². The Hall–Kier alpha value is -3.07. The molecule has 2 heterocycles. The first kappa shape index (κ1) is 11.6. The standard InChI is InChI=1S/C19H12N2O/c1-2-6-13-12(5-1)9-10-17-18(13)14(11-22-17)19-20-15-7-3-4-8-16(15)21-19/h1-11H,(H,20,21). The Bertz CT molecular complexity index is 1100. The molecule has 22 heavy (non-hydrogen) atoms. The average Bonchev–Trinajstić information content (AvgIpc) is 3.18. The molecular weight excluding hydrogens is 272 g/mol. The predicted octanol–water partition coefficient (Wildman–Crippen LogP) is 5.13. The van der Waals surface area contributed by atoms with Crippen LogP contribution in [0.2, 0.25) is 0 Å². The Balaban J connectivity index is 1.89. The number of benzene rings is 3. The van der Waals surface area contributed by atoms with Crippen molar-refractivity contribution in [2.75, 3.05) is 0 Å².